The van der Waals surface area contributed by atoms with Crippen LogP contribution in [-0.2, 0) is 16.0 Å². The smallest absolute Gasteiger partial charge is 0.223 e. The molecular formula is C19H24N2O4. The fraction of sp³-hybridized carbons (Fsp3) is 0.474. The Labute approximate surface area is 147 Å². The Morgan fingerprint density at radius 2 is 2.16 bits per heavy atom. The molecule has 1 aromatic carbocycles. The molecule has 0 radical (unpaired) electrons. The molecule has 1 aliphatic heterocycles. The van der Waals surface area contributed by atoms with Crippen LogP contribution in [0.3, 0.4) is 0 Å². The summed E-state index contributed by atoms with van der Waals surface area (Å²) in [5.41, 5.74) is 1.80. The molecule has 6 heteroatoms. The predicted molar refractivity (Wildman–Crippen MR) is 93.0 cm³/mol. The van der Waals surface area contributed by atoms with Crippen LogP contribution in [0.15, 0.2) is 34.7 Å². The van der Waals surface area contributed by atoms with Gasteiger partial charge in [-0.25, -0.2) is 4.98 Å². The molecule has 1 aromatic heterocycles. The maximum absolute atomic E-state index is 12.5. The van der Waals surface area contributed by atoms with Crippen molar-refractivity contribution in [3.63, 3.8) is 0 Å². The van der Waals surface area contributed by atoms with Gasteiger partial charge in [0.05, 0.1) is 24.4 Å². The van der Waals surface area contributed by atoms with Crippen LogP contribution < -0.4 is 0 Å². The number of amides is 1. The minimum Gasteiger partial charge on any atom is -0.440 e. The van der Waals surface area contributed by atoms with Gasteiger partial charge in [0.2, 0.25) is 5.91 Å². The number of nitrogens with zero attached hydrogens (tertiary/aromatic N) is 2. The van der Waals surface area contributed by atoms with Gasteiger partial charge in [0.15, 0.2) is 11.7 Å². The van der Waals surface area contributed by atoms with E-state index >= 15 is 0 Å². The molecule has 6 nitrogen and oxygen atoms in total. The van der Waals surface area contributed by atoms with Crippen LogP contribution in [0.1, 0.15) is 24.4 Å². The first kappa shape index (κ1) is 17.6. The molecule has 3 rings (SSSR count). The number of methoxy groups -OCH3 is 1. The second kappa shape index (κ2) is 7.80. The number of aryl methyl sites for hydroxylation is 2. The Kier molecular flexibility index (Phi) is 5.50. The summed E-state index contributed by atoms with van der Waals surface area (Å²) in [6, 6.07) is 9.65. The minimum atomic E-state index is -0.163. The Morgan fingerprint density at radius 1 is 1.40 bits per heavy atom. The molecule has 1 N–H and O–H groups in total. The molecule has 1 amide bonds. The van der Waals surface area contributed by atoms with Crippen LogP contribution in [-0.4, -0.2) is 53.3 Å². The zero-order chi connectivity index (χ0) is 17.8. The SMILES string of the molecule is CO[C@@H]1C[C@@H](CO)N(C(=O)CCc2nc(C)c(-c3ccccc3)o2)C1. The molecule has 0 bridgehead atoms. The molecule has 1 fully saturated rings. The van der Waals surface area contributed by atoms with Crippen molar-refractivity contribution in [1.29, 1.82) is 0 Å². The Balaban J connectivity index is 1.63. The van der Waals surface area contributed by atoms with E-state index in [9.17, 15) is 9.90 Å². The van der Waals surface area contributed by atoms with E-state index in [1.165, 1.54) is 0 Å². The summed E-state index contributed by atoms with van der Waals surface area (Å²) in [4.78, 5) is 18.7. The number of carbonyl (C=O) groups excluding carboxylic acids is 1. The van der Waals surface area contributed by atoms with Gasteiger partial charge in [-0.2, -0.15) is 0 Å². The molecule has 1 aliphatic rings. The minimum absolute atomic E-state index is 0.00397. The highest BCUT2D eigenvalue weighted by atomic mass is 16.5. The number of oxazole rings is 1. The van der Waals surface area contributed by atoms with Crippen LogP contribution in [0.5, 0.6) is 0 Å². The molecule has 2 aromatic rings. The first-order valence-corrected chi connectivity index (χ1v) is 8.57. The highest BCUT2D eigenvalue weighted by Crippen LogP contribution is 2.25. The lowest BCUT2D eigenvalue weighted by Crippen LogP contribution is -2.38. The van der Waals surface area contributed by atoms with E-state index in [2.05, 4.69) is 4.98 Å². The summed E-state index contributed by atoms with van der Waals surface area (Å²) in [5, 5.41) is 9.47. The first-order valence-electron chi connectivity index (χ1n) is 8.57. The van der Waals surface area contributed by atoms with Crippen LogP contribution in [0.4, 0.5) is 0 Å². The zero-order valence-electron chi connectivity index (χ0n) is 14.6. The quantitative estimate of drug-likeness (QED) is 0.869. The van der Waals surface area contributed by atoms with Crippen molar-refractivity contribution >= 4 is 5.91 Å². The molecule has 134 valence electrons. The molecule has 1 saturated heterocycles. The Morgan fingerprint density at radius 3 is 2.84 bits per heavy atom. The number of aliphatic hydroxyl groups excluding tert-OH is 1. The van der Waals surface area contributed by atoms with E-state index < -0.39 is 0 Å². The standard InChI is InChI=1S/C19H24N2O4/c1-13-19(14-6-4-3-5-7-14)25-17(20-13)8-9-18(23)21-11-16(24-2)10-15(21)12-22/h3-7,15-16,22H,8-12H2,1-2H3/t15-,16+/m0/s1. The lowest BCUT2D eigenvalue weighted by molar-refractivity contribution is -0.133. The van der Waals surface area contributed by atoms with E-state index in [4.69, 9.17) is 9.15 Å². The summed E-state index contributed by atoms with van der Waals surface area (Å²) in [6.45, 7) is 2.39. The molecule has 2 heterocycles. The largest absolute Gasteiger partial charge is 0.440 e. The van der Waals surface area contributed by atoms with Gasteiger partial charge in [0.1, 0.15) is 0 Å². The molecular weight excluding hydrogens is 320 g/mol. The fourth-order valence-electron chi connectivity index (χ4n) is 3.30. The highest BCUT2D eigenvalue weighted by Gasteiger charge is 2.34. The Hall–Kier alpha value is -2.18. The molecule has 2 atom stereocenters. The number of aromatic nitrogens is 1. The lowest BCUT2D eigenvalue weighted by atomic mass is 10.1. The second-order valence-corrected chi connectivity index (χ2v) is 6.36. The monoisotopic (exact) mass is 344 g/mol. The van der Waals surface area contributed by atoms with Gasteiger partial charge in [-0.15, -0.1) is 0 Å². The van der Waals surface area contributed by atoms with Crippen LogP contribution in [0, 0.1) is 6.92 Å². The predicted octanol–water partition coefficient (Wildman–Crippen LogP) is 2.19. The van der Waals surface area contributed by atoms with E-state index in [1.54, 1.807) is 12.0 Å². The van der Waals surface area contributed by atoms with Gasteiger partial charge < -0.3 is 19.2 Å². The second-order valence-electron chi connectivity index (χ2n) is 6.36. The summed E-state index contributed by atoms with van der Waals surface area (Å²) in [5.74, 6) is 1.31. The number of carbonyl (C=O) groups is 1. The molecule has 0 spiro atoms. The molecule has 0 unspecified atom stereocenters. The van der Waals surface area contributed by atoms with Gasteiger partial charge in [-0.1, -0.05) is 30.3 Å². The zero-order valence-corrected chi connectivity index (χ0v) is 14.6. The third-order valence-corrected chi connectivity index (χ3v) is 4.67. The van der Waals surface area contributed by atoms with E-state index in [-0.39, 0.29) is 24.7 Å². The third-order valence-electron chi connectivity index (χ3n) is 4.67. The van der Waals surface area contributed by atoms with Crippen molar-refractivity contribution in [3.8, 4) is 11.3 Å². The number of aliphatic hydroxyl groups is 1. The molecule has 0 aliphatic carbocycles. The van der Waals surface area contributed by atoms with Crippen LogP contribution in [0.25, 0.3) is 11.3 Å². The van der Waals surface area contributed by atoms with Crippen molar-refractivity contribution in [2.24, 2.45) is 0 Å². The first-order chi connectivity index (χ1) is 12.1. The van der Waals surface area contributed by atoms with Crippen molar-refractivity contribution in [1.82, 2.24) is 9.88 Å². The van der Waals surface area contributed by atoms with Gasteiger partial charge in [-0.05, 0) is 13.3 Å². The van der Waals surface area contributed by atoms with Crippen molar-refractivity contribution in [3.05, 3.63) is 41.9 Å². The summed E-state index contributed by atoms with van der Waals surface area (Å²) < 4.78 is 11.2. The topological polar surface area (TPSA) is 75.8 Å². The lowest BCUT2D eigenvalue weighted by Gasteiger charge is -2.22. The maximum Gasteiger partial charge on any atom is 0.223 e. The molecule has 0 saturated carbocycles. The van der Waals surface area contributed by atoms with Gasteiger partial charge in [0.25, 0.3) is 0 Å². The van der Waals surface area contributed by atoms with Gasteiger partial charge >= 0.3 is 0 Å². The average Bonchev–Trinajstić information content (AvgIpc) is 3.23. The van der Waals surface area contributed by atoms with Crippen LogP contribution in [0.2, 0.25) is 0 Å². The van der Waals surface area contributed by atoms with Crippen LogP contribution >= 0.6 is 0 Å². The van der Waals surface area contributed by atoms with E-state index in [0.717, 1.165) is 17.0 Å². The Bertz CT molecular complexity index is 713. The maximum atomic E-state index is 12.5. The fourth-order valence-corrected chi connectivity index (χ4v) is 3.30. The van der Waals surface area contributed by atoms with E-state index in [0.29, 0.717) is 31.7 Å². The normalized spacial score (nSPS) is 20.2. The number of benzene rings is 1. The number of hydrogen-bond acceptors (Lipinski definition) is 5. The summed E-state index contributed by atoms with van der Waals surface area (Å²) in [7, 11) is 1.63. The average molecular weight is 344 g/mol. The summed E-state index contributed by atoms with van der Waals surface area (Å²) >= 11 is 0. The number of hydrogen-bond donors (Lipinski definition) is 1. The van der Waals surface area contributed by atoms with E-state index in [1.807, 2.05) is 37.3 Å². The van der Waals surface area contributed by atoms with Gasteiger partial charge in [0, 0.05) is 32.1 Å². The number of ether oxygens (including phenoxy) is 1. The summed E-state index contributed by atoms with van der Waals surface area (Å²) in [6.07, 6.45) is 1.42. The number of likely N-dealkylation sites (tertiary alicyclic amines) is 1. The van der Waals surface area contributed by atoms with Crippen molar-refractivity contribution in [2.75, 3.05) is 20.3 Å². The van der Waals surface area contributed by atoms with Gasteiger partial charge in [-0.3, -0.25) is 4.79 Å². The highest BCUT2D eigenvalue weighted by molar-refractivity contribution is 5.77. The van der Waals surface area contributed by atoms with Crippen molar-refractivity contribution < 1.29 is 19.1 Å². The molecule has 25 heavy (non-hydrogen) atoms. The number of rotatable bonds is 6. The van der Waals surface area contributed by atoms with Crippen molar-refractivity contribution in [2.45, 2.75) is 38.3 Å². The third kappa shape index (κ3) is 3.91.